The highest BCUT2D eigenvalue weighted by molar-refractivity contribution is 6.35. The molecule has 1 saturated heterocycles. The predicted octanol–water partition coefficient (Wildman–Crippen LogP) is 1.76. The smallest absolute Gasteiger partial charge is 0.413 e. The first-order valence-electron chi connectivity index (χ1n) is 7.32. The lowest BCUT2D eigenvalue weighted by Crippen LogP contribution is -2.35. The summed E-state index contributed by atoms with van der Waals surface area (Å²) < 4.78 is 9.82. The third-order valence-corrected chi connectivity index (χ3v) is 4.13. The van der Waals surface area contributed by atoms with Gasteiger partial charge in [0.1, 0.15) is 5.75 Å². The van der Waals surface area contributed by atoms with E-state index in [1.54, 1.807) is 6.07 Å². The Kier molecular flexibility index (Phi) is 6.27. The Bertz CT molecular complexity index is 783. The van der Waals surface area contributed by atoms with E-state index in [0.29, 0.717) is 11.6 Å². The molecule has 0 spiro atoms. The van der Waals surface area contributed by atoms with Gasteiger partial charge in [-0.15, -0.1) is 0 Å². The number of esters is 1. The maximum Gasteiger partial charge on any atom is 0.413 e. The van der Waals surface area contributed by atoms with Crippen LogP contribution < -0.4 is 4.74 Å². The van der Waals surface area contributed by atoms with Crippen molar-refractivity contribution in [3.63, 3.8) is 0 Å². The molecule has 1 aliphatic rings. The van der Waals surface area contributed by atoms with Crippen molar-refractivity contribution in [1.29, 1.82) is 0 Å². The highest BCUT2D eigenvalue weighted by Gasteiger charge is 2.40. The maximum atomic E-state index is 12.5. The van der Waals surface area contributed by atoms with Gasteiger partial charge in [-0.3, -0.25) is 19.8 Å². The van der Waals surface area contributed by atoms with Crippen LogP contribution in [0.25, 0.3) is 0 Å². The van der Waals surface area contributed by atoms with Gasteiger partial charge in [-0.05, 0) is 18.2 Å². The summed E-state index contributed by atoms with van der Waals surface area (Å²) in [6.45, 7) is 0.0542. The molecule has 1 aromatic carbocycles. The summed E-state index contributed by atoms with van der Waals surface area (Å²) in [4.78, 5) is 37.2. The molecule has 9 nitrogen and oxygen atoms in total. The molecule has 1 heterocycles. The fourth-order valence-electron chi connectivity index (χ4n) is 2.37. The molecule has 0 aromatic heterocycles. The van der Waals surface area contributed by atoms with Crippen LogP contribution in [0.15, 0.2) is 29.7 Å². The summed E-state index contributed by atoms with van der Waals surface area (Å²) in [5.74, 6) is -1.61. The average Bonchev–Trinajstić information content (AvgIpc) is 2.95. The Balaban J connectivity index is 2.23. The molecule has 2 rings (SSSR count). The zero-order valence-corrected chi connectivity index (χ0v) is 15.4. The summed E-state index contributed by atoms with van der Waals surface area (Å²) in [7, 11) is 2.56. The van der Waals surface area contributed by atoms with Crippen molar-refractivity contribution < 1.29 is 24.0 Å². The molecule has 1 fully saturated rings. The van der Waals surface area contributed by atoms with E-state index in [1.807, 2.05) is 0 Å². The number of hydrogen-bond donors (Lipinski definition) is 0. The van der Waals surface area contributed by atoms with Crippen molar-refractivity contribution in [2.75, 3.05) is 33.9 Å². The van der Waals surface area contributed by atoms with Crippen LogP contribution >= 0.6 is 23.2 Å². The van der Waals surface area contributed by atoms with E-state index in [1.165, 1.54) is 24.1 Å². The van der Waals surface area contributed by atoms with Crippen molar-refractivity contribution in [1.82, 2.24) is 9.80 Å². The second kappa shape index (κ2) is 8.24. The second-order valence-corrected chi connectivity index (χ2v) is 6.09. The van der Waals surface area contributed by atoms with Crippen molar-refractivity contribution in [3.8, 4) is 5.75 Å². The number of hydrogen-bond acceptors (Lipinski definition) is 7. The molecule has 140 valence electrons. The lowest BCUT2D eigenvalue weighted by molar-refractivity contribution is -0.424. The molecular weight excluding hydrogens is 389 g/mol. The first kappa shape index (κ1) is 19.8. The number of nitrogens with zero attached hydrogens (tertiary/aromatic N) is 3. The van der Waals surface area contributed by atoms with Gasteiger partial charge in [0.25, 0.3) is 5.91 Å². The molecule has 0 bridgehead atoms. The molecule has 0 radical (unpaired) electrons. The number of rotatable bonds is 5. The third-order valence-electron chi connectivity index (χ3n) is 3.60. The third kappa shape index (κ3) is 4.17. The van der Waals surface area contributed by atoms with E-state index in [2.05, 4.69) is 4.74 Å². The summed E-state index contributed by atoms with van der Waals surface area (Å²) in [6.07, 6.45) is 0. The van der Waals surface area contributed by atoms with Crippen LogP contribution in [0.5, 0.6) is 5.75 Å². The summed E-state index contributed by atoms with van der Waals surface area (Å²) in [5.41, 5.74) is -0.814. The van der Waals surface area contributed by atoms with Gasteiger partial charge in [-0.25, -0.2) is 4.79 Å². The molecule has 0 atom stereocenters. The number of likely N-dealkylation sites (N-methyl/N-ethyl adjacent to an activating group) is 1. The lowest BCUT2D eigenvalue weighted by atomic mass is 10.3. The van der Waals surface area contributed by atoms with Crippen LogP contribution in [0.1, 0.15) is 0 Å². The minimum Gasteiger partial charge on any atom is -0.482 e. The number of carbonyl (C=O) groups is 2. The second-order valence-electron chi connectivity index (χ2n) is 5.25. The van der Waals surface area contributed by atoms with Crippen LogP contribution in [0.3, 0.4) is 0 Å². The molecule has 0 aliphatic carbocycles. The van der Waals surface area contributed by atoms with Crippen molar-refractivity contribution in [3.05, 3.63) is 49.9 Å². The van der Waals surface area contributed by atoms with Gasteiger partial charge in [0.2, 0.25) is 0 Å². The molecule has 11 heteroatoms. The molecule has 0 N–H and O–H groups in total. The largest absolute Gasteiger partial charge is 0.482 e. The van der Waals surface area contributed by atoms with Gasteiger partial charge in [-0.2, -0.15) is 0 Å². The van der Waals surface area contributed by atoms with E-state index in [4.69, 9.17) is 27.9 Å². The summed E-state index contributed by atoms with van der Waals surface area (Å²) in [6, 6.07) is 4.51. The number of ether oxygens (including phenoxy) is 2. The summed E-state index contributed by atoms with van der Waals surface area (Å²) >= 11 is 11.8. The number of benzene rings is 1. The standard InChI is InChI=1S/C15H15Cl2N3O6/c1-18-5-6-19(14(18)13(20(23)24)15(22)25-2)12(21)8-26-11-4-3-9(16)7-10(11)17/h3-4,7H,5-6,8H2,1-2H3. The Hall–Kier alpha value is -2.52. The first-order chi connectivity index (χ1) is 12.3. The Morgan fingerprint density at radius 2 is 2.00 bits per heavy atom. The van der Waals surface area contributed by atoms with Gasteiger partial charge in [0.15, 0.2) is 12.4 Å². The van der Waals surface area contributed by atoms with E-state index < -0.39 is 29.1 Å². The Labute approximate surface area is 158 Å². The van der Waals surface area contributed by atoms with E-state index >= 15 is 0 Å². The average molecular weight is 404 g/mol. The zero-order valence-electron chi connectivity index (χ0n) is 13.9. The number of halogens is 2. The summed E-state index contributed by atoms with van der Waals surface area (Å²) in [5, 5.41) is 11.9. The van der Waals surface area contributed by atoms with Gasteiger partial charge < -0.3 is 14.4 Å². The minimum atomic E-state index is -1.14. The van der Waals surface area contributed by atoms with E-state index in [9.17, 15) is 19.7 Å². The van der Waals surface area contributed by atoms with Gasteiger partial charge in [0.05, 0.1) is 17.1 Å². The van der Waals surface area contributed by atoms with Crippen LogP contribution in [-0.4, -0.2) is 60.5 Å². The molecular formula is C15H15Cl2N3O6. The van der Waals surface area contributed by atoms with Crippen LogP contribution in [-0.2, 0) is 14.3 Å². The zero-order chi connectivity index (χ0) is 19.4. The van der Waals surface area contributed by atoms with Crippen molar-refractivity contribution in [2.24, 2.45) is 0 Å². The number of methoxy groups -OCH3 is 1. The maximum absolute atomic E-state index is 12.5. The number of nitro groups is 1. The molecule has 1 aromatic rings. The van der Waals surface area contributed by atoms with E-state index in [-0.39, 0.29) is 23.1 Å². The van der Waals surface area contributed by atoms with Gasteiger partial charge >= 0.3 is 11.7 Å². The normalized spacial score (nSPS) is 15.7. The highest BCUT2D eigenvalue weighted by atomic mass is 35.5. The first-order valence-corrected chi connectivity index (χ1v) is 8.08. The Morgan fingerprint density at radius 1 is 1.31 bits per heavy atom. The topological polar surface area (TPSA) is 102 Å². The molecule has 1 aliphatic heterocycles. The van der Waals surface area contributed by atoms with Crippen LogP contribution in [0, 0.1) is 10.1 Å². The Morgan fingerprint density at radius 3 is 2.58 bits per heavy atom. The fraction of sp³-hybridized carbons (Fsp3) is 0.333. The van der Waals surface area contributed by atoms with Gasteiger partial charge in [0, 0.05) is 25.2 Å². The van der Waals surface area contributed by atoms with Crippen molar-refractivity contribution >= 4 is 35.1 Å². The van der Waals surface area contributed by atoms with Crippen molar-refractivity contribution in [2.45, 2.75) is 0 Å². The molecule has 0 unspecified atom stereocenters. The number of carbonyl (C=O) groups excluding carboxylic acids is 2. The lowest BCUT2D eigenvalue weighted by Gasteiger charge is -2.20. The van der Waals surface area contributed by atoms with E-state index in [0.717, 1.165) is 12.0 Å². The fourth-order valence-corrected chi connectivity index (χ4v) is 2.84. The predicted molar refractivity (Wildman–Crippen MR) is 92.3 cm³/mol. The van der Waals surface area contributed by atoms with Crippen LogP contribution in [0.2, 0.25) is 10.0 Å². The minimum absolute atomic E-state index is 0.141. The monoisotopic (exact) mass is 403 g/mol. The molecule has 26 heavy (non-hydrogen) atoms. The SMILES string of the molecule is COC(=O)C(=C1N(C)CCN1C(=O)COc1ccc(Cl)cc1Cl)[N+](=O)[O-]. The van der Waals surface area contributed by atoms with Gasteiger partial charge in [-0.1, -0.05) is 23.2 Å². The quantitative estimate of drug-likeness (QED) is 0.319. The highest BCUT2D eigenvalue weighted by Crippen LogP contribution is 2.28. The van der Waals surface area contributed by atoms with Crippen LogP contribution in [0.4, 0.5) is 0 Å². The molecule has 0 saturated carbocycles. The number of amides is 1. The molecule has 1 amide bonds.